The van der Waals surface area contributed by atoms with Crippen LogP contribution in [0.15, 0.2) is 66.7 Å². The molecular weight excluding hydrogens is 472 g/mol. The number of carboxylic acid groups (broad SMARTS) is 1. The highest BCUT2D eigenvalue weighted by Gasteiger charge is 2.29. The van der Waals surface area contributed by atoms with E-state index in [9.17, 15) is 14.4 Å². The molecule has 35 heavy (non-hydrogen) atoms. The van der Waals surface area contributed by atoms with Gasteiger partial charge >= 0.3 is 12.1 Å². The standard InChI is InChI=1S/C26H23ClN2O6/c27-22-10-9-16(25(33)29(11-12-30)14-24(31)32)13-23(22)28-26(34)35-15-21-19-7-3-1-5-17(19)18-6-2-4-8-20(18)21/h1-10,13,21,30H,11-12,14-15H2,(H,28,34)(H,31,32). The molecule has 9 heteroatoms. The van der Waals surface area contributed by atoms with Crippen LogP contribution in [0.1, 0.15) is 27.4 Å². The first-order chi connectivity index (χ1) is 16.9. The van der Waals surface area contributed by atoms with Gasteiger partial charge in [0.05, 0.1) is 17.3 Å². The number of halogens is 1. The Morgan fingerprint density at radius 2 is 1.60 bits per heavy atom. The van der Waals surface area contributed by atoms with Gasteiger partial charge in [-0.15, -0.1) is 0 Å². The number of hydrogen-bond donors (Lipinski definition) is 3. The first kappa shape index (κ1) is 24.3. The zero-order chi connectivity index (χ0) is 24.9. The highest BCUT2D eigenvalue weighted by atomic mass is 35.5. The van der Waals surface area contributed by atoms with Gasteiger partial charge in [-0.1, -0.05) is 60.1 Å². The summed E-state index contributed by atoms with van der Waals surface area (Å²) in [4.78, 5) is 37.4. The van der Waals surface area contributed by atoms with Gasteiger partial charge in [0.1, 0.15) is 13.2 Å². The molecule has 0 radical (unpaired) electrons. The van der Waals surface area contributed by atoms with Crippen LogP contribution in [0.25, 0.3) is 11.1 Å². The van der Waals surface area contributed by atoms with Gasteiger partial charge in [-0.2, -0.15) is 0 Å². The quantitative estimate of drug-likeness (QED) is 0.432. The molecule has 8 nitrogen and oxygen atoms in total. The number of hydrogen-bond acceptors (Lipinski definition) is 5. The van der Waals surface area contributed by atoms with E-state index in [1.807, 2.05) is 48.5 Å². The van der Waals surface area contributed by atoms with Crippen LogP contribution in [0.3, 0.4) is 0 Å². The summed E-state index contributed by atoms with van der Waals surface area (Å²) >= 11 is 6.20. The number of benzene rings is 3. The van der Waals surface area contributed by atoms with E-state index in [0.29, 0.717) is 0 Å². The number of carbonyl (C=O) groups is 3. The van der Waals surface area contributed by atoms with Gasteiger partial charge in [0.2, 0.25) is 0 Å². The molecule has 1 aliphatic rings. The number of carbonyl (C=O) groups excluding carboxylic acids is 2. The Hall–Kier alpha value is -3.88. The van der Waals surface area contributed by atoms with Crippen molar-refractivity contribution in [2.45, 2.75) is 5.92 Å². The minimum atomic E-state index is -1.21. The molecule has 180 valence electrons. The number of nitrogens with zero attached hydrogens (tertiary/aromatic N) is 1. The van der Waals surface area contributed by atoms with Crippen molar-refractivity contribution in [1.82, 2.24) is 4.90 Å². The molecule has 0 bridgehead atoms. The number of nitrogens with one attached hydrogen (secondary N) is 1. The summed E-state index contributed by atoms with van der Waals surface area (Å²) < 4.78 is 5.52. The fraction of sp³-hybridized carbons (Fsp3) is 0.192. The Kier molecular flexibility index (Phi) is 7.33. The third-order valence-electron chi connectivity index (χ3n) is 5.78. The predicted molar refractivity (Wildman–Crippen MR) is 131 cm³/mol. The number of rotatable bonds is 8. The van der Waals surface area contributed by atoms with Crippen LogP contribution in [0.4, 0.5) is 10.5 Å². The Labute approximate surface area is 206 Å². The number of amides is 2. The van der Waals surface area contributed by atoms with Crippen LogP contribution in [0.5, 0.6) is 0 Å². The van der Waals surface area contributed by atoms with Crippen LogP contribution in [-0.2, 0) is 9.53 Å². The van der Waals surface area contributed by atoms with Crippen LogP contribution in [0, 0.1) is 0 Å². The minimum absolute atomic E-state index is 0.109. The molecule has 3 aromatic carbocycles. The molecule has 0 aromatic heterocycles. The average Bonchev–Trinajstić information content (AvgIpc) is 3.17. The largest absolute Gasteiger partial charge is 0.480 e. The second-order valence-corrected chi connectivity index (χ2v) is 8.40. The minimum Gasteiger partial charge on any atom is -0.480 e. The maximum Gasteiger partial charge on any atom is 0.411 e. The number of aliphatic hydroxyl groups is 1. The highest BCUT2D eigenvalue weighted by molar-refractivity contribution is 6.33. The zero-order valence-electron chi connectivity index (χ0n) is 18.6. The molecule has 0 saturated heterocycles. The van der Waals surface area contributed by atoms with Gasteiger partial charge < -0.3 is 19.8 Å². The third-order valence-corrected chi connectivity index (χ3v) is 6.11. The molecule has 0 heterocycles. The highest BCUT2D eigenvalue weighted by Crippen LogP contribution is 2.44. The number of anilines is 1. The summed E-state index contributed by atoms with van der Waals surface area (Å²) in [7, 11) is 0. The van der Waals surface area contributed by atoms with Crippen LogP contribution < -0.4 is 5.32 Å². The second kappa shape index (κ2) is 10.6. The second-order valence-electron chi connectivity index (χ2n) is 7.99. The average molecular weight is 495 g/mol. The van der Waals surface area contributed by atoms with E-state index >= 15 is 0 Å². The summed E-state index contributed by atoms with van der Waals surface area (Å²) in [5.41, 5.74) is 4.64. The zero-order valence-corrected chi connectivity index (χ0v) is 19.4. The van der Waals surface area contributed by atoms with Gasteiger partial charge in [0.15, 0.2) is 0 Å². The summed E-state index contributed by atoms with van der Waals surface area (Å²) in [6.07, 6.45) is -0.740. The summed E-state index contributed by atoms with van der Waals surface area (Å²) in [6, 6.07) is 20.1. The molecule has 0 fully saturated rings. The fourth-order valence-electron chi connectivity index (χ4n) is 4.22. The predicted octanol–water partition coefficient (Wildman–Crippen LogP) is 4.22. The lowest BCUT2D eigenvalue weighted by Crippen LogP contribution is -2.37. The summed E-state index contributed by atoms with van der Waals surface area (Å²) in [5.74, 6) is -1.94. The number of ether oxygens (including phenoxy) is 1. The molecule has 3 N–H and O–H groups in total. The Balaban J connectivity index is 1.46. The van der Waals surface area contributed by atoms with Crippen molar-refractivity contribution in [3.8, 4) is 11.1 Å². The lowest BCUT2D eigenvalue weighted by atomic mass is 9.98. The maximum absolute atomic E-state index is 12.7. The number of aliphatic hydroxyl groups excluding tert-OH is 1. The first-order valence-electron chi connectivity index (χ1n) is 10.9. The summed E-state index contributed by atoms with van der Waals surface area (Å²) in [6.45, 7) is -1.00. The van der Waals surface area contributed by atoms with Gasteiger partial charge in [-0.25, -0.2) is 4.79 Å². The third kappa shape index (κ3) is 5.29. The molecule has 0 spiro atoms. The first-order valence-corrected chi connectivity index (χ1v) is 11.3. The Morgan fingerprint density at radius 1 is 0.971 bits per heavy atom. The van der Waals surface area contributed by atoms with Crippen LogP contribution in [0.2, 0.25) is 5.02 Å². The molecule has 2 amide bonds. The van der Waals surface area contributed by atoms with Crippen LogP contribution >= 0.6 is 11.6 Å². The van der Waals surface area contributed by atoms with E-state index in [1.54, 1.807) is 0 Å². The van der Waals surface area contributed by atoms with Crippen LogP contribution in [-0.4, -0.2) is 59.4 Å². The van der Waals surface area contributed by atoms with Gasteiger partial charge in [-0.3, -0.25) is 14.9 Å². The molecule has 1 aliphatic carbocycles. The molecule has 0 unspecified atom stereocenters. The van der Waals surface area contributed by atoms with E-state index < -0.39 is 31.1 Å². The van der Waals surface area contributed by atoms with Crippen molar-refractivity contribution in [1.29, 1.82) is 0 Å². The van der Waals surface area contributed by atoms with Crippen molar-refractivity contribution in [2.24, 2.45) is 0 Å². The van der Waals surface area contributed by atoms with Crippen molar-refractivity contribution in [3.05, 3.63) is 88.4 Å². The Bertz CT molecular complexity index is 1230. The molecular formula is C26H23ClN2O6. The number of aliphatic carboxylic acids is 1. The number of carboxylic acids is 1. The van der Waals surface area contributed by atoms with Crippen molar-refractivity contribution in [2.75, 3.05) is 31.6 Å². The SMILES string of the molecule is O=C(O)CN(CCO)C(=O)c1ccc(Cl)c(NC(=O)OCC2c3ccccc3-c3ccccc32)c1. The van der Waals surface area contributed by atoms with Crippen molar-refractivity contribution >= 4 is 35.3 Å². The number of fused-ring (bicyclic) bond motifs is 3. The Morgan fingerprint density at radius 3 is 2.20 bits per heavy atom. The van der Waals surface area contributed by atoms with E-state index in [0.717, 1.165) is 27.2 Å². The van der Waals surface area contributed by atoms with Crippen molar-refractivity contribution < 1.29 is 29.3 Å². The van der Waals surface area contributed by atoms with Crippen molar-refractivity contribution in [3.63, 3.8) is 0 Å². The van der Waals surface area contributed by atoms with E-state index in [4.69, 9.17) is 26.6 Å². The molecule has 3 aromatic rings. The maximum atomic E-state index is 12.7. The molecule has 0 aliphatic heterocycles. The summed E-state index contributed by atoms with van der Waals surface area (Å²) in [5, 5.41) is 20.9. The van der Waals surface area contributed by atoms with E-state index in [-0.39, 0.29) is 35.3 Å². The topological polar surface area (TPSA) is 116 Å². The van der Waals surface area contributed by atoms with E-state index in [1.165, 1.54) is 18.2 Å². The van der Waals surface area contributed by atoms with Gasteiger partial charge in [-0.05, 0) is 40.5 Å². The molecule has 0 saturated carbocycles. The van der Waals surface area contributed by atoms with Gasteiger partial charge in [0.25, 0.3) is 5.91 Å². The lowest BCUT2D eigenvalue weighted by molar-refractivity contribution is -0.137. The van der Waals surface area contributed by atoms with E-state index in [2.05, 4.69) is 5.32 Å². The smallest absolute Gasteiger partial charge is 0.411 e. The lowest BCUT2D eigenvalue weighted by Gasteiger charge is -2.20. The monoisotopic (exact) mass is 494 g/mol. The molecule has 4 rings (SSSR count). The normalized spacial score (nSPS) is 11.9. The fourth-order valence-corrected chi connectivity index (χ4v) is 4.38. The van der Waals surface area contributed by atoms with Gasteiger partial charge in [0, 0.05) is 18.0 Å². The molecule has 0 atom stereocenters.